The Balaban J connectivity index is 0.00000280. The fourth-order valence-corrected chi connectivity index (χ4v) is 2.70. The quantitative estimate of drug-likeness (QED) is 0.302. The molecule has 0 aliphatic heterocycles. The number of ether oxygens (including phenoxy) is 1. The number of halogens is 1. The van der Waals surface area contributed by atoms with Crippen molar-refractivity contribution in [3.05, 3.63) is 72.4 Å². The number of nitrogens with zero attached hydrogens (tertiary/aromatic N) is 4. The third-order valence-electron chi connectivity index (χ3n) is 4.14. The van der Waals surface area contributed by atoms with E-state index in [1.807, 2.05) is 47.3 Å². The molecule has 0 unspecified atom stereocenters. The van der Waals surface area contributed by atoms with Crippen LogP contribution in [0.2, 0.25) is 0 Å². The highest BCUT2D eigenvalue weighted by Crippen LogP contribution is 2.17. The Morgan fingerprint density at radius 3 is 2.71 bits per heavy atom. The lowest BCUT2D eigenvalue weighted by atomic mass is 10.1. The maximum absolute atomic E-state index is 5.38. The number of pyridine rings is 1. The molecule has 0 fully saturated rings. The van der Waals surface area contributed by atoms with E-state index < -0.39 is 0 Å². The third-order valence-corrected chi connectivity index (χ3v) is 4.14. The summed E-state index contributed by atoms with van der Waals surface area (Å²) in [4.78, 5) is 12.8. The highest BCUT2D eigenvalue weighted by molar-refractivity contribution is 14.0. The van der Waals surface area contributed by atoms with Crippen molar-refractivity contribution >= 4 is 29.9 Å². The van der Waals surface area contributed by atoms with Gasteiger partial charge in [0.05, 0.1) is 7.11 Å². The number of hydrogen-bond acceptors (Lipinski definition) is 4. The number of aliphatic imine (C=N–C) groups is 1. The van der Waals surface area contributed by atoms with Gasteiger partial charge in [0.15, 0.2) is 5.96 Å². The molecule has 0 aliphatic rings. The zero-order valence-electron chi connectivity index (χ0n) is 16.0. The van der Waals surface area contributed by atoms with Crippen LogP contribution >= 0.6 is 24.0 Å². The predicted molar refractivity (Wildman–Crippen MR) is 122 cm³/mol. The molecule has 7 nitrogen and oxygen atoms in total. The number of rotatable bonds is 7. The SMILES string of the molecule is CN=C(NCCc1ccccc1OC)NCc1ccc(-n2ccnc2)nc1.I. The first-order valence-corrected chi connectivity index (χ1v) is 8.80. The second-order valence-electron chi connectivity index (χ2n) is 5.91. The molecule has 1 aromatic carbocycles. The number of aromatic nitrogens is 3. The Hall–Kier alpha value is -2.62. The van der Waals surface area contributed by atoms with Crippen molar-refractivity contribution < 1.29 is 4.74 Å². The number of para-hydroxylation sites is 1. The maximum atomic E-state index is 5.38. The maximum Gasteiger partial charge on any atom is 0.191 e. The van der Waals surface area contributed by atoms with Gasteiger partial charge in [-0.15, -0.1) is 24.0 Å². The topological polar surface area (TPSA) is 76.4 Å². The summed E-state index contributed by atoms with van der Waals surface area (Å²) in [6.07, 6.45) is 8.04. The van der Waals surface area contributed by atoms with Gasteiger partial charge in [-0.25, -0.2) is 9.97 Å². The van der Waals surface area contributed by atoms with Crippen LogP contribution in [-0.4, -0.2) is 41.2 Å². The minimum absolute atomic E-state index is 0. The first kappa shape index (κ1) is 21.7. The molecule has 0 spiro atoms. The zero-order chi connectivity index (χ0) is 18.9. The summed E-state index contributed by atoms with van der Waals surface area (Å²) in [5, 5.41) is 6.63. The molecule has 0 amide bonds. The van der Waals surface area contributed by atoms with Gasteiger partial charge in [-0.1, -0.05) is 24.3 Å². The molecule has 3 rings (SSSR count). The Bertz CT molecular complexity index is 865. The highest BCUT2D eigenvalue weighted by atomic mass is 127. The lowest BCUT2D eigenvalue weighted by molar-refractivity contribution is 0.409. The smallest absolute Gasteiger partial charge is 0.191 e. The van der Waals surface area contributed by atoms with E-state index in [0.717, 1.165) is 36.1 Å². The molecule has 8 heteroatoms. The van der Waals surface area contributed by atoms with Gasteiger partial charge in [0.2, 0.25) is 0 Å². The Kier molecular flexibility index (Phi) is 8.73. The highest BCUT2D eigenvalue weighted by Gasteiger charge is 2.03. The minimum atomic E-state index is 0. The van der Waals surface area contributed by atoms with Crippen LogP contribution in [0, 0.1) is 0 Å². The summed E-state index contributed by atoms with van der Waals surface area (Å²) in [6, 6.07) is 12.1. The molecule has 28 heavy (non-hydrogen) atoms. The van der Waals surface area contributed by atoms with E-state index in [1.54, 1.807) is 26.7 Å². The lowest BCUT2D eigenvalue weighted by Crippen LogP contribution is -2.37. The molecule has 0 aliphatic carbocycles. The number of imidazole rings is 1. The van der Waals surface area contributed by atoms with Crippen LogP contribution in [0.15, 0.2) is 66.3 Å². The Morgan fingerprint density at radius 1 is 1.18 bits per heavy atom. The summed E-state index contributed by atoms with van der Waals surface area (Å²) >= 11 is 0. The minimum Gasteiger partial charge on any atom is -0.496 e. The van der Waals surface area contributed by atoms with Gasteiger partial charge in [0.1, 0.15) is 17.9 Å². The van der Waals surface area contributed by atoms with Gasteiger partial charge in [-0.2, -0.15) is 0 Å². The van der Waals surface area contributed by atoms with Gasteiger partial charge >= 0.3 is 0 Å². The molecule has 3 aromatic rings. The van der Waals surface area contributed by atoms with Crippen molar-refractivity contribution in [2.45, 2.75) is 13.0 Å². The fraction of sp³-hybridized carbons (Fsp3) is 0.250. The molecule has 148 valence electrons. The molecule has 2 heterocycles. The molecule has 0 atom stereocenters. The van der Waals surface area contributed by atoms with Gasteiger partial charge < -0.3 is 15.4 Å². The van der Waals surface area contributed by atoms with Crippen molar-refractivity contribution in [1.82, 2.24) is 25.2 Å². The van der Waals surface area contributed by atoms with E-state index in [4.69, 9.17) is 4.74 Å². The van der Waals surface area contributed by atoms with Gasteiger partial charge in [0, 0.05) is 38.7 Å². The largest absolute Gasteiger partial charge is 0.496 e. The standard InChI is InChI=1S/C20H24N6O.HI/c1-21-20(23-10-9-17-5-3-4-6-18(17)27-2)25-14-16-7-8-19(24-13-16)26-12-11-22-15-26;/h3-8,11-13,15H,9-10,14H2,1-2H3,(H2,21,23,25);1H. The number of benzene rings is 1. The number of methoxy groups -OCH3 is 1. The molecule has 2 aromatic heterocycles. The van der Waals surface area contributed by atoms with Crippen LogP contribution in [0.5, 0.6) is 5.75 Å². The Labute approximate surface area is 182 Å². The molecular formula is C20H25IN6O. The van der Waals surface area contributed by atoms with E-state index >= 15 is 0 Å². The predicted octanol–water partition coefficient (Wildman–Crippen LogP) is 2.80. The van der Waals surface area contributed by atoms with Gasteiger partial charge in [-0.05, 0) is 29.7 Å². The van der Waals surface area contributed by atoms with Crippen LogP contribution in [-0.2, 0) is 13.0 Å². The first-order valence-electron chi connectivity index (χ1n) is 8.80. The summed E-state index contributed by atoms with van der Waals surface area (Å²) < 4.78 is 7.26. The molecule has 0 saturated carbocycles. The van der Waals surface area contributed by atoms with Crippen LogP contribution in [0.1, 0.15) is 11.1 Å². The van der Waals surface area contributed by atoms with Crippen molar-refractivity contribution in [2.75, 3.05) is 20.7 Å². The van der Waals surface area contributed by atoms with E-state index in [9.17, 15) is 0 Å². The van der Waals surface area contributed by atoms with Crippen molar-refractivity contribution in [3.63, 3.8) is 0 Å². The van der Waals surface area contributed by atoms with E-state index in [-0.39, 0.29) is 24.0 Å². The van der Waals surface area contributed by atoms with Gasteiger partial charge in [-0.3, -0.25) is 9.56 Å². The van der Waals surface area contributed by atoms with E-state index in [2.05, 4.69) is 31.7 Å². The zero-order valence-corrected chi connectivity index (χ0v) is 18.3. The number of guanidine groups is 1. The van der Waals surface area contributed by atoms with Crippen LogP contribution in [0.4, 0.5) is 0 Å². The van der Waals surface area contributed by atoms with E-state index in [0.29, 0.717) is 6.54 Å². The van der Waals surface area contributed by atoms with Gasteiger partial charge in [0.25, 0.3) is 0 Å². The average Bonchev–Trinajstić information content (AvgIpc) is 3.26. The summed E-state index contributed by atoms with van der Waals surface area (Å²) in [7, 11) is 3.46. The normalized spacial score (nSPS) is 10.9. The molecule has 0 radical (unpaired) electrons. The molecule has 0 bridgehead atoms. The molecule has 2 N–H and O–H groups in total. The monoisotopic (exact) mass is 492 g/mol. The van der Waals surface area contributed by atoms with E-state index in [1.165, 1.54) is 5.56 Å². The number of nitrogens with one attached hydrogen (secondary N) is 2. The van der Waals surface area contributed by atoms with Crippen LogP contribution < -0.4 is 15.4 Å². The first-order chi connectivity index (χ1) is 13.3. The summed E-state index contributed by atoms with van der Waals surface area (Å²) in [5.41, 5.74) is 2.24. The van der Waals surface area contributed by atoms with Crippen molar-refractivity contribution in [2.24, 2.45) is 4.99 Å². The number of hydrogen-bond donors (Lipinski definition) is 2. The Morgan fingerprint density at radius 2 is 2.04 bits per heavy atom. The van der Waals surface area contributed by atoms with Crippen molar-refractivity contribution in [1.29, 1.82) is 0 Å². The average molecular weight is 492 g/mol. The van der Waals surface area contributed by atoms with Crippen molar-refractivity contribution in [3.8, 4) is 11.6 Å². The fourth-order valence-electron chi connectivity index (χ4n) is 2.70. The summed E-state index contributed by atoms with van der Waals surface area (Å²) in [6.45, 7) is 1.41. The molecular weight excluding hydrogens is 467 g/mol. The molecule has 0 saturated heterocycles. The third kappa shape index (κ3) is 5.95. The second kappa shape index (κ2) is 11.3. The lowest BCUT2D eigenvalue weighted by Gasteiger charge is -2.13. The summed E-state index contributed by atoms with van der Waals surface area (Å²) in [5.74, 6) is 2.51. The second-order valence-corrected chi connectivity index (χ2v) is 5.91. The van der Waals surface area contributed by atoms with Crippen LogP contribution in [0.3, 0.4) is 0 Å². The van der Waals surface area contributed by atoms with Crippen LogP contribution in [0.25, 0.3) is 5.82 Å².